The van der Waals surface area contributed by atoms with E-state index in [0.717, 1.165) is 44.2 Å². The van der Waals surface area contributed by atoms with Gasteiger partial charge in [-0.15, -0.1) is 0 Å². The van der Waals surface area contributed by atoms with Crippen LogP contribution in [-0.2, 0) is 6.42 Å². The molecule has 2 aromatic carbocycles. The van der Waals surface area contributed by atoms with Gasteiger partial charge in [-0.2, -0.15) is 0 Å². The second-order valence-corrected chi connectivity index (χ2v) is 5.75. The van der Waals surface area contributed by atoms with E-state index in [0.29, 0.717) is 0 Å². The van der Waals surface area contributed by atoms with Crippen LogP contribution < -0.4 is 10.1 Å². The van der Waals surface area contributed by atoms with Crippen LogP contribution >= 0.6 is 0 Å². The van der Waals surface area contributed by atoms with Gasteiger partial charge in [-0.1, -0.05) is 48.5 Å². The van der Waals surface area contributed by atoms with Gasteiger partial charge in [-0.25, -0.2) is 0 Å². The molecule has 0 unspecified atom stereocenters. The largest absolute Gasteiger partial charge is 0.441 e. The predicted octanol–water partition coefficient (Wildman–Crippen LogP) is 3.04. The fraction of sp³-hybridized carbons (Fsp3) is 0.263. The summed E-state index contributed by atoms with van der Waals surface area (Å²) < 4.78 is 6.32. The van der Waals surface area contributed by atoms with Crippen molar-refractivity contribution in [3.05, 3.63) is 66.1 Å². The second kappa shape index (κ2) is 5.85. The Kier molecular flexibility index (Phi) is 3.57. The summed E-state index contributed by atoms with van der Waals surface area (Å²) in [5, 5.41) is 3.39. The van der Waals surface area contributed by atoms with E-state index in [9.17, 15) is 0 Å². The zero-order valence-electron chi connectivity index (χ0n) is 12.6. The van der Waals surface area contributed by atoms with Gasteiger partial charge in [-0.3, -0.25) is 0 Å². The van der Waals surface area contributed by atoms with Crippen molar-refractivity contribution in [3.8, 4) is 16.9 Å². The summed E-state index contributed by atoms with van der Waals surface area (Å²) in [6, 6.07) is 16.9. The van der Waals surface area contributed by atoms with Gasteiger partial charge in [-0.05, 0) is 23.6 Å². The topological polar surface area (TPSA) is 24.5 Å². The lowest BCUT2D eigenvalue weighted by atomic mass is 9.99. The number of allylic oxidation sites excluding steroid dienone is 1. The van der Waals surface area contributed by atoms with Gasteiger partial charge in [0.1, 0.15) is 5.75 Å². The molecule has 1 fully saturated rings. The predicted molar refractivity (Wildman–Crippen MR) is 88.7 cm³/mol. The van der Waals surface area contributed by atoms with Crippen LogP contribution in [0.1, 0.15) is 5.56 Å². The Hall–Kier alpha value is -2.26. The van der Waals surface area contributed by atoms with Crippen molar-refractivity contribution in [1.29, 1.82) is 0 Å². The van der Waals surface area contributed by atoms with E-state index in [-0.39, 0.29) is 0 Å². The summed E-state index contributed by atoms with van der Waals surface area (Å²) in [6.07, 6.45) is 3.15. The molecule has 22 heavy (non-hydrogen) atoms. The summed E-state index contributed by atoms with van der Waals surface area (Å²) in [5.41, 5.74) is 3.65. The molecule has 0 spiro atoms. The van der Waals surface area contributed by atoms with Gasteiger partial charge in [0.15, 0.2) is 5.88 Å². The van der Waals surface area contributed by atoms with Gasteiger partial charge in [0.2, 0.25) is 0 Å². The first kappa shape index (κ1) is 13.4. The van der Waals surface area contributed by atoms with E-state index in [1.165, 1.54) is 16.7 Å². The fourth-order valence-electron chi connectivity index (χ4n) is 3.13. The quantitative estimate of drug-likeness (QED) is 0.921. The monoisotopic (exact) mass is 292 g/mol. The van der Waals surface area contributed by atoms with Crippen molar-refractivity contribution in [2.75, 3.05) is 26.2 Å². The molecule has 2 aromatic rings. The van der Waals surface area contributed by atoms with Gasteiger partial charge < -0.3 is 15.0 Å². The Bertz CT molecular complexity index is 688. The van der Waals surface area contributed by atoms with Crippen LogP contribution in [0, 0.1) is 0 Å². The minimum atomic E-state index is 0.940. The standard InChI is InChI=1S/C19H20N2O/c1-2-5-15(6-3-1)17-8-4-7-16-9-10-18(22-19(16)17)21-13-11-20-12-14-21/h1-8,10,20H,9,11-14H2. The highest BCUT2D eigenvalue weighted by molar-refractivity contribution is 5.73. The van der Waals surface area contributed by atoms with Crippen molar-refractivity contribution >= 4 is 0 Å². The maximum atomic E-state index is 6.32. The van der Waals surface area contributed by atoms with Crippen LogP contribution in [0.3, 0.4) is 0 Å². The molecular formula is C19H20N2O. The Balaban J connectivity index is 1.67. The van der Waals surface area contributed by atoms with E-state index in [4.69, 9.17) is 4.74 Å². The molecule has 0 amide bonds. The summed E-state index contributed by atoms with van der Waals surface area (Å²) in [6.45, 7) is 4.06. The normalized spacial score (nSPS) is 17.5. The average Bonchev–Trinajstić information content (AvgIpc) is 2.62. The number of fused-ring (bicyclic) bond motifs is 1. The van der Waals surface area contributed by atoms with Crippen molar-refractivity contribution in [2.45, 2.75) is 6.42 Å². The number of nitrogens with zero attached hydrogens (tertiary/aromatic N) is 1. The molecule has 0 aromatic heterocycles. The van der Waals surface area contributed by atoms with Crippen LogP contribution in [0.4, 0.5) is 0 Å². The minimum absolute atomic E-state index is 0.940. The molecule has 0 aliphatic carbocycles. The lowest BCUT2D eigenvalue weighted by Crippen LogP contribution is -2.44. The molecule has 1 N–H and O–H groups in total. The number of rotatable bonds is 2. The minimum Gasteiger partial charge on any atom is -0.441 e. The lowest BCUT2D eigenvalue weighted by Gasteiger charge is -2.33. The van der Waals surface area contributed by atoms with Crippen LogP contribution in [0.5, 0.6) is 5.75 Å². The number of para-hydroxylation sites is 1. The first-order chi connectivity index (χ1) is 10.9. The zero-order valence-corrected chi connectivity index (χ0v) is 12.6. The van der Waals surface area contributed by atoms with Gasteiger partial charge in [0.05, 0.1) is 0 Å². The molecule has 3 nitrogen and oxygen atoms in total. The number of nitrogens with one attached hydrogen (secondary N) is 1. The van der Waals surface area contributed by atoms with E-state index in [2.05, 4.69) is 58.8 Å². The molecule has 4 rings (SSSR count). The zero-order chi connectivity index (χ0) is 14.8. The highest BCUT2D eigenvalue weighted by atomic mass is 16.5. The van der Waals surface area contributed by atoms with E-state index in [1.54, 1.807) is 0 Å². The molecule has 0 saturated carbocycles. The molecular weight excluding hydrogens is 272 g/mol. The second-order valence-electron chi connectivity index (χ2n) is 5.75. The smallest absolute Gasteiger partial charge is 0.192 e. The molecule has 2 heterocycles. The Morgan fingerprint density at radius 1 is 0.909 bits per heavy atom. The van der Waals surface area contributed by atoms with Crippen LogP contribution in [0.2, 0.25) is 0 Å². The van der Waals surface area contributed by atoms with Crippen LogP contribution in [0.15, 0.2) is 60.5 Å². The third-order valence-corrected chi connectivity index (χ3v) is 4.31. The number of benzene rings is 2. The average molecular weight is 292 g/mol. The first-order valence-corrected chi connectivity index (χ1v) is 7.93. The molecule has 3 heteroatoms. The Labute approximate surface area is 131 Å². The molecule has 0 atom stereocenters. The fourth-order valence-corrected chi connectivity index (χ4v) is 3.13. The van der Waals surface area contributed by atoms with Crippen molar-refractivity contribution in [1.82, 2.24) is 10.2 Å². The third kappa shape index (κ3) is 2.48. The maximum Gasteiger partial charge on any atom is 0.192 e. The lowest BCUT2D eigenvalue weighted by molar-refractivity contribution is 0.190. The summed E-state index contributed by atoms with van der Waals surface area (Å²) in [7, 11) is 0. The summed E-state index contributed by atoms with van der Waals surface area (Å²) >= 11 is 0. The highest BCUT2D eigenvalue weighted by Crippen LogP contribution is 2.37. The summed E-state index contributed by atoms with van der Waals surface area (Å²) in [5.74, 6) is 2.03. The van der Waals surface area contributed by atoms with Crippen molar-refractivity contribution < 1.29 is 4.74 Å². The maximum absolute atomic E-state index is 6.32. The molecule has 2 aliphatic heterocycles. The number of hydrogen-bond donors (Lipinski definition) is 1. The van der Waals surface area contributed by atoms with Crippen molar-refractivity contribution in [3.63, 3.8) is 0 Å². The van der Waals surface area contributed by atoms with E-state index in [1.807, 2.05) is 6.07 Å². The van der Waals surface area contributed by atoms with Crippen LogP contribution in [0.25, 0.3) is 11.1 Å². The molecule has 112 valence electrons. The van der Waals surface area contributed by atoms with Gasteiger partial charge >= 0.3 is 0 Å². The number of ether oxygens (including phenoxy) is 1. The molecule has 0 radical (unpaired) electrons. The Morgan fingerprint density at radius 2 is 1.73 bits per heavy atom. The number of hydrogen-bond acceptors (Lipinski definition) is 3. The van der Waals surface area contributed by atoms with Crippen molar-refractivity contribution in [2.24, 2.45) is 0 Å². The Morgan fingerprint density at radius 3 is 2.55 bits per heavy atom. The highest BCUT2D eigenvalue weighted by Gasteiger charge is 2.21. The number of piperazine rings is 1. The SMILES string of the molecule is C1=C(N2CCNCC2)Oc2c(cccc2-c2ccccc2)C1. The first-order valence-electron chi connectivity index (χ1n) is 7.93. The van der Waals surface area contributed by atoms with E-state index >= 15 is 0 Å². The molecule has 1 saturated heterocycles. The van der Waals surface area contributed by atoms with Gasteiger partial charge in [0.25, 0.3) is 0 Å². The molecule has 0 bridgehead atoms. The van der Waals surface area contributed by atoms with Gasteiger partial charge in [0, 0.05) is 31.7 Å². The third-order valence-electron chi connectivity index (χ3n) is 4.31. The van der Waals surface area contributed by atoms with Crippen LogP contribution in [-0.4, -0.2) is 31.1 Å². The molecule has 2 aliphatic rings. The summed E-state index contributed by atoms with van der Waals surface area (Å²) in [4.78, 5) is 2.33. The van der Waals surface area contributed by atoms with E-state index < -0.39 is 0 Å².